The number of allylic oxidation sites excluding steroid dienone is 4. The van der Waals surface area contributed by atoms with Gasteiger partial charge in [-0.1, -0.05) is 30.7 Å². The smallest absolute Gasteiger partial charge is 0.364 e. The molecule has 0 saturated heterocycles. The second-order valence-corrected chi connectivity index (χ2v) is 5.79. The molecule has 0 aromatic carbocycles. The Morgan fingerprint density at radius 2 is 2.15 bits per heavy atom. The molecule has 0 bridgehead atoms. The van der Waals surface area contributed by atoms with Crippen LogP contribution in [0.25, 0.3) is 0 Å². The summed E-state index contributed by atoms with van der Waals surface area (Å²) in [4.78, 5) is 1.19. The van der Waals surface area contributed by atoms with Gasteiger partial charge in [0.1, 0.15) is 6.04 Å². The van der Waals surface area contributed by atoms with E-state index in [0.29, 0.717) is 17.2 Å². The monoisotopic (exact) mass is 302 g/mol. The van der Waals surface area contributed by atoms with Crippen LogP contribution in [-0.2, 0) is 0 Å². The lowest BCUT2D eigenvalue weighted by molar-refractivity contribution is -0.172. The van der Waals surface area contributed by atoms with Crippen LogP contribution in [0.3, 0.4) is 0 Å². The van der Waals surface area contributed by atoms with Crippen molar-refractivity contribution >= 4 is 11.6 Å². The summed E-state index contributed by atoms with van der Waals surface area (Å²) in [5.41, 5.74) is 0.0189. The maximum atomic E-state index is 13.0. The predicted molar refractivity (Wildman–Crippen MR) is 70.7 cm³/mol. The van der Waals surface area contributed by atoms with Crippen molar-refractivity contribution < 1.29 is 13.2 Å². The molecule has 0 N–H and O–H groups in total. The Labute approximate surface area is 120 Å². The Hall–Kier alpha value is -1.41. The van der Waals surface area contributed by atoms with Gasteiger partial charge in [0, 0.05) is 29.6 Å². The number of hydrogen-bond acceptors (Lipinski definition) is 2. The van der Waals surface area contributed by atoms with Crippen LogP contribution in [0.5, 0.6) is 0 Å². The molecule has 0 spiro atoms. The lowest BCUT2D eigenvalue weighted by Gasteiger charge is -2.36. The SMILES string of the molecule is CN1C(C2(C)C=CC(Cl)=CC2)=C(C#N)CC1C(F)(F)F. The minimum Gasteiger partial charge on any atom is -0.364 e. The Morgan fingerprint density at radius 3 is 2.60 bits per heavy atom. The van der Waals surface area contributed by atoms with Crippen molar-refractivity contribution in [3.63, 3.8) is 0 Å². The molecule has 2 nitrogen and oxygen atoms in total. The van der Waals surface area contributed by atoms with Crippen molar-refractivity contribution in [3.8, 4) is 6.07 Å². The molecule has 1 aliphatic carbocycles. The van der Waals surface area contributed by atoms with Crippen LogP contribution >= 0.6 is 11.6 Å². The van der Waals surface area contributed by atoms with Gasteiger partial charge in [0.2, 0.25) is 0 Å². The number of alkyl halides is 3. The average molecular weight is 303 g/mol. The highest BCUT2D eigenvalue weighted by Gasteiger charge is 2.50. The summed E-state index contributed by atoms with van der Waals surface area (Å²) in [6.07, 6.45) is 1.06. The summed E-state index contributed by atoms with van der Waals surface area (Å²) in [7, 11) is 1.40. The molecule has 1 aliphatic heterocycles. The zero-order valence-corrected chi connectivity index (χ0v) is 11.9. The Balaban J connectivity index is 2.40. The van der Waals surface area contributed by atoms with Crippen molar-refractivity contribution in [1.82, 2.24) is 4.90 Å². The quantitative estimate of drug-likeness (QED) is 0.728. The lowest BCUT2D eigenvalue weighted by Crippen LogP contribution is -2.42. The molecule has 1 heterocycles. The fraction of sp³-hybridized carbons (Fsp3) is 0.500. The van der Waals surface area contributed by atoms with Crippen molar-refractivity contribution in [2.24, 2.45) is 5.41 Å². The third-order valence-corrected chi connectivity index (χ3v) is 4.17. The van der Waals surface area contributed by atoms with Crippen molar-refractivity contribution in [1.29, 1.82) is 5.26 Å². The van der Waals surface area contributed by atoms with Crippen molar-refractivity contribution in [3.05, 3.63) is 34.5 Å². The zero-order valence-electron chi connectivity index (χ0n) is 11.1. The van der Waals surface area contributed by atoms with Crippen LogP contribution in [0, 0.1) is 16.7 Å². The number of nitriles is 1. The molecule has 0 saturated carbocycles. The molecule has 2 unspecified atom stereocenters. The maximum Gasteiger partial charge on any atom is 0.409 e. The number of hydrogen-bond donors (Lipinski definition) is 0. The molecule has 6 heteroatoms. The van der Waals surface area contributed by atoms with Gasteiger partial charge in [-0.2, -0.15) is 18.4 Å². The van der Waals surface area contributed by atoms with Gasteiger partial charge in [0.05, 0.1) is 11.6 Å². The van der Waals surface area contributed by atoms with E-state index in [1.165, 1.54) is 11.9 Å². The van der Waals surface area contributed by atoms with Gasteiger partial charge in [-0.05, 0) is 12.5 Å². The molecule has 2 atom stereocenters. The van der Waals surface area contributed by atoms with Gasteiger partial charge in [0.25, 0.3) is 0 Å². The fourth-order valence-corrected chi connectivity index (χ4v) is 3.00. The molecule has 108 valence electrons. The molecule has 0 aromatic rings. The topological polar surface area (TPSA) is 27.0 Å². The molecule has 0 aromatic heterocycles. The van der Waals surface area contributed by atoms with Gasteiger partial charge in [-0.3, -0.25) is 0 Å². The minimum atomic E-state index is -4.35. The average Bonchev–Trinajstić information content (AvgIpc) is 2.71. The van der Waals surface area contributed by atoms with Crippen LogP contribution in [0.1, 0.15) is 19.8 Å². The van der Waals surface area contributed by atoms with Crippen LogP contribution < -0.4 is 0 Å². The molecule has 0 fully saturated rings. The highest BCUT2D eigenvalue weighted by molar-refractivity contribution is 6.31. The summed E-state index contributed by atoms with van der Waals surface area (Å²) >= 11 is 5.86. The van der Waals surface area contributed by atoms with E-state index in [-0.39, 0.29) is 12.0 Å². The Morgan fingerprint density at radius 1 is 1.50 bits per heavy atom. The number of rotatable bonds is 1. The Bertz CT molecular complexity index is 554. The molecular formula is C14H14ClF3N2. The van der Waals surface area contributed by atoms with Crippen molar-refractivity contribution in [2.75, 3.05) is 7.05 Å². The summed E-state index contributed by atoms with van der Waals surface area (Å²) in [5, 5.41) is 9.73. The molecular weight excluding hydrogens is 289 g/mol. The second-order valence-electron chi connectivity index (χ2n) is 5.36. The Kier molecular flexibility index (Phi) is 3.64. The highest BCUT2D eigenvalue weighted by Crippen LogP contribution is 2.47. The molecule has 2 rings (SSSR count). The van der Waals surface area contributed by atoms with E-state index in [1.807, 2.05) is 13.0 Å². The second kappa shape index (κ2) is 4.85. The van der Waals surface area contributed by atoms with Gasteiger partial charge < -0.3 is 4.90 Å². The fourth-order valence-electron chi connectivity index (χ4n) is 2.86. The van der Waals surface area contributed by atoms with Gasteiger partial charge in [-0.25, -0.2) is 0 Å². The first-order valence-corrected chi connectivity index (χ1v) is 6.55. The molecule has 0 amide bonds. The van der Waals surface area contributed by atoms with E-state index in [2.05, 4.69) is 0 Å². The zero-order chi connectivity index (χ0) is 15.1. The van der Waals surface area contributed by atoms with E-state index >= 15 is 0 Å². The third-order valence-electron chi connectivity index (χ3n) is 3.89. The van der Waals surface area contributed by atoms with Crippen LogP contribution in [-0.4, -0.2) is 24.2 Å². The first kappa shape index (κ1) is 15.0. The number of halogens is 4. The standard InChI is InChI=1S/C14H14ClF3N2/c1-13(5-3-10(15)4-6-13)12-9(8-19)7-11(20(12)2)14(16,17)18/h3-5,11H,6-7H2,1-2H3. The van der Waals surface area contributed by atoms with Gasteiger partial charge in [-0.15, -0.1) is 0 Å². The third kappa shape index (κ3) is 2.45. The molecule has 0 radical (unpaired) electrons. The summed E-state index contributed by atoms with van der Waals surface area (Å²) in [5.74, 6) is 0. The summed E-state index contributed by atoms with van der Waals surface area (Å²) in [6.45, 7) is 1.82. The largest absolute Gasteiger partial charge is 0.409 e. The van der Waals surface area contributed by atoms with Crippen LogP contribution in [0.2, 0.25) is 0 Å². The normalized spacial score (nSPS) is 30.6. The van der Waals surface area contributed by atoms with E-state index < -0.39 is 17.6 Å². The van der Waals surface area contributed by atoms with Crippen molar-refractivity contribution in [2.45, 2.75) is 32.0 Å². The predicted octanol–water partition coefficient (Wildman–Crippen LogP) is 4.12. The summed E-state index contributed by atoms with van der Waals surface area (Å²) < 4.78 is 39.1. The number of nitrogens with zero attached hydrogens (tertiary/aromatic N) is 2. The van der Waals surface area contributed by atoms with Crippen LogP contribution in [0.4, 0.5) is 13.2 Å². The van der Waals surface area contributed by atoms with Gasteiger partial charge in [0.15, 0.2) is 0 Å². The van der Waals surface area contributed by atoms with Gasteiger partial charge >= 0.3 is 6.18 Å². The van der Waals surface area contributed by atoms with E-state index in [4.69, 9.17) is 16.9 Å². The van der Waals surface area contributed by atoms with E-state index in [0.717, 1.165) is 0 Å². The van der Waals surface area contributed by atoms with Crippen LogP contribution in [0.15, 0.2) is 34.5 Å². The molecule has 2 aliphatic rings. The molecule has 20 heavy (non-hydrogen) atoms. The first-order valence-electron chi connectivity index (χ1n) is 6.17. The summed E-state index contributed by atoms with van der Waals surface area (Å²) in [6, 6.07) is 0.304. The van der Waals surface area contributed by atoms with E-state index in [9.17, 15) is 13.2 Å². The first-order chi connectivity index (χ1) is 9.19. The van der Waals surface area contributed by atoms with E-state index in [1.54, 1.807) is 18.2 Å². The lowest BCUT2D eigenvalue weighted by atomic mass is 9.79. The minimum absolute atomic E-state index is 0.202. The highest BCUT2D eigenvalue weighted by atomic mass is 35.5. The maximum absolute atomic E-state index is 13.0.